The van der Waals surface area contributed by atoms with E-state index in [4.69, 9.17) is 16.3 Å². The smallest absolute Gasteiger partial charge is 0.338 e. The van der Waals surface area contributed by atoms with E-state index in [1.807, 2.05) is 66.7 Å². The summed E-state index contributed by atoms with van der Waals surface area (Å²) in [5.41, 5.74) is 3.50. The van der Waals surface area contributed by atoms with Crippen LogP contribution in [0.2, 0.25) is 5.02 Å². The standard InChI is InChI=1S/C22H17ClO2/c23-21-13-11-19(12-14-21)22(24)25-16-20(18-9-5-2-6-10-18)15-17-7-3-1-4-8-17/h1-15H,16H2/b20-15-. The molecule has 0 saturated heterocycles. The van der Waals surface area contributed by atoms with Crippen molar-refractivity contribution in [2.24, 2.45) is 0 Å². The highest BCUT2D eigenvalue weighted by Gasteiger charge is 2.09. The quantitative estimate of drug-likeness (QED) is 0.434. The Morgan fingerprint density at radius 1 is 0.800 bits per heavy atom. The number of carbonyl (C=O) groups excluding carboxylic acids is 1. The number of esters is 1. The Hall–Kier alpha value is -2.84. The van der Waals surface area contributed by atoms with Crippen molar-refractivity contribution in [1.29, 1.82) is 0 Å². The molecule has 3 heteroatoms. The molecule has 0 saturated carbocycles. The van der Waals surface area contributed by atoms with Crippen LogP contribution in [0.15, 0.2) is 84.9 Å². The lowest BCUT2D eigenvalue weighted by Gasteiger charge is -2.10. The Balaban J connectivity index is 1.80. The Morgan fingerprint density at radius 2 is 1.40 bits per heavy atom. The number of ether oxygens (including phenoxy) is 1. The van der Waals surface area contributed by atoms with Crippen LogP contribution in [-0.2, 0) is 4.74 Å². The van der Waals surface area contributed by atoms with Gasteiger partial charge in [-0.05, 0) is 47.0 Å². The molecule has 124 valence electrons. The van der Waals surface area contributed by atoms with Gasteiger partial charge in [0.05, 0.1) is 5.56 Å². The Morgan fingerprint density at radius 3 is 2.04 bits per heavy atom. The molecule has 0 fully saturated rings. The van der Waals surface area contributed by atoms with E-state index in [0.717, 1.165) is 16.7 Å². The van der Waals surface area contributed by atoms with Crippen LogP contribution in [0.3, 0.4) is 0 Å². The normalized spacial score (nSPS) is 11.2. The van der Waals surface area contributed by atoms with E-state index in [-0.39, 0.29) is 12.6 Å². The van der Waals surface area contributed by atoms with Gasteiger partial charge in [-0.15, -0.1) is 0 Å². The van der Waals surface area contributed by atoms with Gasteiger partial charge in [-0.3, -0.25) is 0 Å². The Kier molecular flexibility index (Phi) is 5.65. The number of carbonyl (C=O) groups is 1. The zero-order valence-electron chi connectivity index (χ0n) is 13.6. The van der Waals surface area contributed by atoms with Crippen molar-refractivity contribution in [2.75, 3.05) is 6.61 Å². The second-order valence-corrected chi connectivity index (χ2v) is 5.97. The van der Waals surface area contributed by atoms with Gasteiger partial charge in [-0.2, -0.15) is 0 Å². The monoisotopic (exact) mass is 348 g/mol. The second-order valence-electron chi connectivity index (χ2n) is 5.53. The first-order valence-corrected chi connectivity index (χ1v) is 8.34. The van der Waals surface area contributed by atoms with E-state index in [1.165, 1.54) is 0 Å². The van der Waals surface area contributed by atoms with Gasteiger partial charge in [0, 0.05) is 5.02 Å². The van der Waals surface area contributed by atoms with Crippen molar-refractivity contribution in [2.45, 2.75) is 0 Å². The van der Waals surface area contributed by atoms with Crippen molar-refractivity contribution >= 4 is 29.2 Å². The van der Waals surface area contributed by atoms with Crippen LogP contribution in [0.4, 0.5) is 0 Å². The Labute approximate surface area is 152 Å². The van der Waals surface area contributed by atoms with Crippen molar-refractivity contribution in [3.05, 3.63) is 107 Å². The fourth-order valence-corrected chi connectivity index (χ4v) is 2.55. The molecule has 0 radical (unpaired) electrons. The first kappa shape index (κ1) is 17.0. The predicted octanol–water partition coefficient (Wildman–Crippen LogP) is 5.74. The molecule has 3 rings (SSSR count). The lowest BCUT2D eigenvalue weighted by molar-refractivity contribution is 0.0557. The third kappa shape index (κ3) is 4.82. The Bertz CT molecular complexity index is 854. The predicted molar refractivity (Wildman–Crippen MR) is 102 cm³/mol. The fourth-order valence-electron chi connectivity index (χ4n) is 2.42. The molecule has 0 aliphatic carbocycles. The molecule has 2 nitrogen and oxygen atoms in total. The fraction of sp³-hybridized carbons (Fsp3) is 0.0455. The summed E-state index contributed by atoms with van der Waals surface area (Å²) in [7, 11) is 0. The van der Waals surface area contributed by atoms with Crippen LogP contribution >= 0.6 is 11.6 Å². The van der Waals surface area contributed by atoms with Crippen LogP contribution in [0.5, 0.6) is 0 Å². The minimum Gasteiger partial charge on any atom is -0.457 e. The van der Waals surface area contributed by atoms with Gasteiger partial charge in [0.25, 0.3) is 0 Å². The largest absolute Gasteiger partial charge is 0.457 e. The summed E-state index contributed by atoms with van der Waals surface area (Å²) >= 11 is 5.85. The third-order valence-electron chi connectivity index (χ3n) is 3.72. The molecule has 0 atom stereocenters. The summed E-state index contributed by atoms with van der Waals surface area (Å²) < 4.78 is 5.51. The first-order valence-electron chi connectivity index (χ1n) is 7.96. The molecule has 3 aromatic rings. The van der Waals surface area contributed by atoms with Gasteiger partial charge >= 0.3 is 5.97 Å². The maximum Gasteiger partial charge on any atom is 0.338 e. The lowest BCUT2D eigenvalue weighted by Crippen LogP contribution is -2.07. The number of halogens is 1. The SMILES string of the molecule is O=C(OC/C(=C/c1ccccc1)c1ccccc1)c1ccc(Cl)cc1. The molecule has 25 heavy (non-hydrogen) atoms. The second kappa shape index (κ2) is 8.32. The van der Waals surface area contributed by atoms with Crippen molar-refractivity contribution in [3.8, 4) is 0 Å². The number of rotatable bonds is 5. The van der Waals surface area contributed by atoms with Crippen LogP contribution in [0, 0.1) is 0 Å². The highest BCUT2D eigenvalue weighted by molar-refractivity contribution is 6.30. The molecule has 0 bridgehead atoms. The number of hydrogen-bond acceptors (Lipinski definition) is 2. The van der Waals surface area contributed by atoms with Gasteiger partial charge < -0.3 is 4.74 Å². The van der Waals surface area contributed by atoms with Gasteiger partial charge in [-0.25, -0.2) is 4.79 Å². The molecule has 0 amide bonds. The van der Waals surface area contributed by atoms with Gasteiger partial charge in [0.1, 0.15) is 6.61 Å². The van der Waals surface area contributed by atoms with E-state index in [0.29, 0.717) is 10.6 Å². The highest BCUT2D eigenvalue weighted by atomic mass is 35.5. The summed E-state index contributed by atoms with van der Waals surface area (Å²) in [4.78, 5) is 12.3. The number of benzene rings is 3. The zero-order chi connectivity index (χ0) is 17.5. The molecule has 0 spiro atoms. The van der Waals surface area contributed by atoms with E-state index in [1.54, 1.807) is 24.3 Å². The molecular formula is C22H17ClO2. The van der Waals surface area contributed by atoms with Gasteiger partial charge in [0.2, 0.25) is 0 Å². The molecule has 0 unspecified atom stereocenters. The zero-order valence-corrected chi connectivity index (χ0v) is 14.3. The molecule has 0 aromatic heterocycles. The van der Waals surface area contributed by atoms with Crippen molar-refractivity contribution in [3.63, 3.8) is 0 Å². The third-order valence-corrected chi connectivity index (χ3v) is 3.98. The number of hydrogen-bond donors (Lipinski definition) is 0. The summed E-state index contributed by atoms with van der Waals surface area (Å²) in [5, 5.41) is 0.588. The van der Waals surface area contributed by atoms with Crippen LogP contribution < -0.4 is 0 Å². The molecule has 0 aliphatic heterocycles. The molecule has 0 aliphatic rings. The first-order chi connectivity index (χ1) is 12.2. The van der Waals surface area contributed by atoms with Crippen LogP contribution in [-0.4, -0.2) is 12.6 Å². The van der Waals surface area contributed by atoms with E-state index in [9.17, 15) is 4.79 Å². The van der Waals surface area contributed by atoms with E-state index >= 15 is 0 Å². The van der Waals surface area contributed by atoms with E-state index < -0.39 is 0 Å². The maximum atomic E-state index is 12.3. The van der Waals surface area contributed by atoms with Gasteiger partial charge in [0.15, 0.2) is 0 Å². The topological polar surface area (TPSA) is 26.3 Å². The summed E-state index contributed by atoms with van der Waals surface area (Å²) in [6.45, 7) is 0.195. The molecule has 0 N–H and O–H groups in total. The molecule has 0 heterocycles. The van der Waals surface area contributed by atoms with E-state index in [2.05, 4.69) is 0 Å². The minimum atomic E-state index is -0.369. The average molecular weight is 349 g/mol. The van der Waals surface area contributed by atoms with Crippen molar-refractivity contribution in [1.82, 2.24) is 0 Å². The summed E-state index contributed by atoms with van der Waals surface area (Å²) in [6, 6.07) is 26.5. The molecule has 3 aromatic carbocycles. The lowest BCUT2D eigenvalue weighted by atomic mass is 10.0. The summed E-state index contributed by atoms with van der Waals surface area (Å²) in [6.07, 6.45) is 2.03. The van der Waals surface area contributed by atoms with Crippen LogP contribution in [0.1, 0.15) is 21.5 Å². The van der Waals surface area contributed by atoms with Gasteiger partial charge in [-0.1, -0.05) is 72.3 Å². The summed E-state index contributed by atoms with van der Waals surface area (Å²) in [5.74, 6) is -0.369. The van der Waals surface area contributed by atoms with Crippen molar-refractivity contribution < 1.29 is 9.53 Å². The van der Waals surface area contributed by atoms with Crippen LogP contribution in [0.25, 0.3) is 11.6 Å². The minimum absolute atomic E-state index is 0.195. The maximum absolute atomic E-state index is 12.3. The highest BCUT2D eigenvalue weighted by Crippen LogP contribution is 2.19. The molecular weight excluding hydrogens is 332 g/mol. The average Bonchev–Trinajstić information content (AvgIpc) is 2.67.